The Balaban J connectivity index is 0.856. The maximum atomic E-state index is 6.54. The maximum absolute atomic E-state index is 6.54. The molecule has 0 aliphatic rings. The van der Waals surface area contributed by atoms with Gasteiger partial charge in [0.25, 0.3) is 0 Å². The number of hydrogen-bond acceptors (Lipinski definition) is 5. The highest BCUT2D eigenvalue weighted by Gasteiger charge is 2.21. The van der Waals surface area contributed by atoms with Gasteiger partial charge < -0.3 is 13.4 Å². The lowest BCUT2D eigenvalue weighted by molar-refractivity contribution is 0.668. The highest BCUT2D eigenvalue weighted by atomic mass is 16.3. The van der Waals surface area contributed by atoms with Gasteiger partial charge in [-0.3, -0.25) is 0 Å². The van der Waals surface area contributed by atoms with Gasteiger partial charge in [0, 0.05) is 54.7 Å². The average Bonchev–Trinajstić information content (AvgIpc) is 4.10. The zero-order valence-corrected chi connectivity index (χ0v) is 37.0. The van der Waals surface area contributed by atoms with Crippen molar-refractivity contribution in [1.82, 2.24) is 19.5 Å². The molecule has 69 heavy (non-hydrogen) atoms. The van der Waals surface area contributed by atoms with Gasteiger partial charge in [0.1, 0.15) is 22.3 Å². The molecule has 14 rings (SSSR count). The Morgan fingerprint density at radius 1 is 0.275 bits per heavy atom. The van der Waals surface area contributed by atoms with Gasteiger partial charge in [-0.2, -0.15) is 0 Å². The predicted octanol–water partition coefficient (Wildman–Crippen LogP) is 16.8. The molecule has 0 saturated heterocycles. The van der Waals surface area contributed by atoms with E-state index in [1.54, 1.807) is 0 Å². The molecular formula is C63H38N4O2. The third kappa shape index (κ3) is 6.45. The highest BCUT2D eigenvalue weighted by Crippen LogP contribution is 2.41. The Morgan fingerprint density at radius 2 is 0.812 bits per heavy atom. The van der Waals surface area contributed by atoms with Gasteiger partial charge in [-0.15, -0.1) is 0 Å². The van der Waals surface area contributed by atoms with E-state index >= 15 is 0 Å². The van der Waals surface area contributed by atoms with E-state index in [0.29, 0.717) is 17.5 Å². The second-order valence-corrected chi connectivity index (χ2v) is 17.5. The molecule has 0 atom stereocenters. The second kappa shape index (κ2) is 15.6. The Kier molecular flexibility index (Phi) is 8.79. The normalized spacial score (nSPS) is 11.8. The van der Waals surface area contributed by atoms with Crippen molar-refractivity contribution in [2.75, 3.05) is 0 Å². The van der Waals surface area contributed by atoms with Crippen molar-refractivity contribution in [2.45, 2.75) is 0 Å². The number of rotatable bonds is 7. The number of hydrogen-bond donors (Lipinski definition) is 0. The fourth-order valence-electron chi connectivity index (χ4n) is 10.2. The number of nitrogens with zero attached hydrogens (tertiary/aromatic N) is 4. The third-order valence-electron chi connectivity index (χ3n) is 13.5. The number of benzene rings is 10. The number of aromatic nitrogens is 4. The summed E-state index contributed by atoms with van der Waals surface area (Å²) >= 11 is 0. The van der Waals surface area contributed by atoms with E-state index < -0.39 is 0 Å². The number of furan rings is 2. The van der Waals surface area contributed by atoms with Gasteiger partial charge in [0.05, 0.1) is 11.0 Å². The zero-order valence-electron chi connectivity index (χ0n) is 37.0. The van der Waals surface area contributed by atoms with E-state index in [1.807, 2.05) is 66.7 Å². The minimum Gasteiger partial charge on any atom is -0.456 e. The molecule has 0 aliphatic carbocycles. The molecule has 0 amide bonds. The van der Waals surface area contributed by atoms with Crippen molar-refractivity contribution < 1.29 is 8.83 Å². The van der Waals surface area contributed by atoms with Gasteiger partial charge in [0.2, 0.25) is 0 Å². The minimum atomic E-state index is 0.552. The molecule has 0 unspecified atom stereocenters. The SMILES string of the molecule is c1ccc(-c2nc(-c3ccc4c(c3)oc3cccc(-c5ccccc5)c34)nc(-c3cccc4oc5ccc(-c6ccc(-c7ccc8c(c7)c7ccccc7n8-c7ccccc7)cc6)cc5c34)n2)cc1. The lowest BCUT2D eigenvalue weighted by atomic mass is 9.97. The second-order valence-electron chi connectivity index (χ2n) is 17.5. The molecule has 0 aliphatic heterocycles. The van der Waals surface area contributed by atoms with Crippen molar-refractivity contribution in [1.29, 1.82) is 0 Å². The molecule has 0 N–H and O–H groups in total. The predicted molar refractivity (Wildman–Crippen MR) is 281 cm³/mol. The van der Waals surface area contributed by atoms with Crippen molar-refractivity contribution >= 4 is 65.7 Å². The summed E-state index contributed by atoms with van der Waals surface area (Å²) < 4.78 is 15.4. The maximum Gasteiger partial charge on any atom is 0.164 e. The van der Waals surface area contributed by atoms with Crippen molar-refractivity contribution in [3.05, 3.63) is 231 Å². The molecule has 0 spiro atoms. The average molecular weight is 883 g/mol. The summed E-state index contributed by atoms with van der Waals surface area (Å²) in [4.78, 5) is 15.5. The van der Waals surface area contributed by atoms with Crippen molar-refractivity contribution in [2.24, 2.45) is 0 Å². The largest absolute Gasteiger partial charge is 0.456 e. The molecule has 6 heteroatoms. The molecule has 0 bridgehead atoms. The fourth-order valence-corrected chi connectivity index (χ4v) is 10.2. The Hall–Kier alpha value is -9.39. The molecule has 14 aromatic rings. The summed E-state index contributed by atoms with van der Waals surface area (Å²) in [7, 11) is 0. The molecular weight excluding hydrogens is 845 g/mol. The van der Waals surface area contributed by atoms with Crippen LogP contribution < -0.4 is 0 Å². The third-order valence-corrected chi connectivity index (χ3v) is 13.5. The first kappa shape index (κ1) is 38.8. The van der Waals surface area contributed by atoms with Crippen LogP contribution in [0.3, 0.4) is 0 Å². The van der Waals surface area contributed by atoms with Crippen LogP contribution in [0.1, 0.15) is 0 Å². The summed E-state index contributed by atoms with van der Waals surface area (Å²) in [5.74, 6) is 1.69. The van der Waals surface area contributed by atoms with Crippen molar-refractivity contribution in [3.8, 4) is 73.2 Å². The van der Waals surface area contributed by atoms with Crippen LogP contribution in [0.5, 0.6) is 0 Å². The minimum absolute atomic E-state index is 0.552. The summed E-state index contributed by atoms with van der Waals surface area (Å²) in [6.07, 6.45) is 0. The van der Waals surface area contributed by atoms with Crippen LogP contribution in [-0.2, 0) is 0 Å². The molecule has 0 fully saturated rings. The van der Waals surface area contributed by atoms with E-state index in [9.17, 15) is 0 Å². The first-order valence-electron chi connectivity index (χ1n) is 23.2. The Bertz CT molecular complexity index is 4290. The molecule has 322 valence electrons. The zero-order chi connectivity index (χ0) is 45.4. The lowest BCUT2D eigenvalue weighted by Gasteiger charge is -2.10. The molecule has 4 heterocycles. The monoisotopic (exact) mass is 882 g/mol. The quantitative estimate of drug-likeness (QED) is 0.159. The number of fused-ring (bicyclic) bond motifs is 9. The lowest BCUT2D eigenvalue weighted by Crippen LogP contribution is -2.00. The van der Waals surface area contributed by atoms with Gasteiger partial charge in [-0.05, 0) is 100 Å². The van der Waals surface area contributed by atoms with Crippen LogP contribution >= 0.6 is 0 Å². The van der Waals surface area contributed by atoms with Gasteiger partial charge in [-0.1, -0.05) is 164 Å². The van der Waals surface area contributed by atoms with Gasteiger partial charge in [0.15, 0.2) is 17.5 Å². The standard InChI is InChI=1S/C63H38N4O2/c1-4-14-41(15-5-1)47-21-12-24-56-59(47)49-33-30-45(38-58(49)69-56)62-64-61(42-16-6-2-7-17-42)65-63(66-62)50-22-13-25-57-60(50)52-37-44(32-35-55(52)68-57)40-28-26-39(27-29-40)43-31-34-54-51(36-43)48-20-10-11-23-53(48)67(54)46-18-8-3-9-19-46/h1-38H. The molecule has 6 nitrogen and oxygen atoms in total. The Morgan fingerprint density at radius 3 is 1.55 bits per heavy atom. The van der Waals surface area contributed by atoms with E-state index in [1.165, 1.54) is 27.4 Å². The number of para-hydroxylation sites is 2. The van der Waals surface area contributed by atoms with Crippen LogP contribution in [0, 0.1) is 0 Å². The summed E-state index contributed by atoms with van der Waals surface area (Å²) in [5.41, 5.74) is 16.1. The van der Waals surface area contributed by atoms with E-state index in [2.05, 4.69) is 168 Å². The van der Waals surface area contributed by atoms with Crippen LogP contribution in [0.25, 0.3) is 139 Å². The van der Waals surface area contributed by atoms with E-state index in [4.69, 9.17) is 23.8 Å². The van der Waals surface area contributed by atoms with Crippen molar-refractivity contribution in [3.63, 3.8) is 0 Å². The first-order valence-corrected chi connectivity index (χ1v) is 23.2. The molecule has 0 radical (unpaired) electrons. The van der Waals surface area contributed by atoms with E-state index in [-0.39, 0.29) is 0 Å². The summed E-state index contributed by atoms with van der Waals surface area (Å²) in [6, 6.07) is 80.4. The van der Waals surface area contributed by atoms with Crippen LogP contribution in [0.15, 0.2) is 239 Å². The van der Waals surface area contributed by atoms with Crippen LogP contribution in [-0.4, -0.2) is 19.5 Å². The summed E-state index contributed by atoms with van der Waals surface area (Å²) in [5, 5.41) is 6.53. The van der Waals surface area contributed by atoms with Crippen LogP contribution in [0.4, 0.5) is 0 Å². The topological polar surface area (TPSA) is 69.9 Å². The fraction of sp³-hybridized carbons (Fsp3) is 0. The van der Waals surface area contributed by atoms with Crippen LogP contribution in [0.2, 0.25) is 0 Å². The summed E-state index contributed by atoms with van der Waals surface area (Å²) in [6.45, 7) is 0. The Labute approximate surface area is 396 Å². The first-order chi connectivity index (χ1) is 34.2. The molecule has 0 saturated carbocycles. The highest BCUT2D eigenvalue weighted by molar-refractivity contribution is 6.14. The smallest absolute Gasteiger partial charge is 0.164 e. The van der Waals surface area contributed by atoms with E-state index in [0.717, 1.165) is 94.1 Å². The molecule has 10 aromatic carbocycles. The van der Waals surface area contributed by atoms with Gasteiger partial charge >= 0.3 is 0 Å². The molecule has 4 aromatic heterocycles. The van der Waals surface area contributed by atoms with Gasteiger partial charge in [-0.25, -0.2) is 15.0 Å².